The molecule has 0 fully saturated rings. The van der Waals surface area contributed by atoms with Gasteiger partial charge in [-0.15, -0.1) is 0 Å². The van der Waals surface area contributed by atoms with Gasteiger partial charge in [-0.25, -0.2) is 0 Å². The minimum absolute atomic E-state index is 0.0956. The monoisotopic (exact) mass is 279 g/mol. The number of anilines is 1. The molecule has 0 spiro atoms. The lowest BCUT2D eigenvalue weighted by Crippen LogP contribution is -2.18. The first kappa shape index (κ1) is 10.9. The van der Waals surface area contributed by atoms with Gasteiger partial charge in [0.25, 0.3) is 0 Å². The second-order valence-corrected chi connectivity index (χ2v) is 4.18. The fraction of sp³-hybridized carbons (Fsp3) is 0.0909. The predicted octanol–water partition coefficient (Wildman–Crippen LogP) is 2.28. The summed E-state index contributed by atoms with van der Waals surface area (Å²) in [5.74, 6) is -0.0956. The van der Waals surface area contributed by atoms with Gasteiger partial charge < -0.3 is 5.32 Å². The molecule has 1 amide bonds. The Morgan fingerprint density at radius 3 is 3.00 bits per heavy atom. The Hall–Kier alpha value is -1.62. The third-order valence-corrected chi connectivity index (χ3v) is 2.47. The number of nitrogens with zero attached hydrogens (tertiary/aromatic N) is 2. The maximum atomic E-state index is 11.6. The highest BCUT2D eigenvalue weighted by molar-refractivity contribution is 9.10. The molecule has 5 heteroatoms. The van der Waals surface area contributed by atoms with E-state index in [9.17, 15) is 4.79 Å². The Balaban J connectivity index is 1.97. The van der Waals surface area contributed by atoms with Crippen LogP contribution in [0.2, 0.25) is 0 Å². The van der Waals surface area contributed by atoms with E-state index in [1.54, 1.807) is 23.1 Å². The fourth-order valence-electron chi connectivity index (χ4n) is 1.31. The summed E-state index contributed by atoms with van der Waals surface area (Å²) in [5, 5.41) is 6.75. The van der Waals surface area contributed by atoms with Crippen molar-refractivity contribution in [3.05, 3.63) is 47.2 Å². The minimum Gasteiger partial charge on any atom is -0.324 e. The van der Waals surface area contributed by atoms with Crippen molar-refractivity contribution in [3.8, 4) is 0 Å². The van der Waals surface area contributed by atoms with Crippen molar-refractivity contribution in [1.82, 2.24) is 9.78 Å². The van der Waals surface area contributed by atoms with Gasteiger partial charge in [0.2, 0.25) is 5.91 Å². The van der Waals surface area contributed by atoms with Crippen LogP contribution in [-0.4, -0.2) is 15.7 Å². The predicted molar refractivity (Wildman–Crippen MR) is 65.0 cm³/mol. The number of benzene rings is 1. The molecule has 0 bridgehead atoms. The lowest BCUT2D eigenvalue weighted by molar-refractivity contribution is -0.116. The maximum Gasteiger partial charge on any atom is 0.246 e. The summed E-state index contributed by atoms with van der Waals surface area (Å²) in [7, 11) is 0. The van der Waals surface area contributed by atoms with Gasteiger partial charge in [-0.05, 0) is 24.3 Å². The van der Waals surface area contributed by atoms with Crippen LogP contribution in [0.15, 0.2) is 47.2 Å². The lowest BCUT2D eigenvalue weighted by atomic mass is 10.3. The van der Waals surface area contributed by atoms with E-state index in [1.165, 1.54) is 0 Å². The Morgan fingerprint density at radius 1 is 1.44 bits per heavy atom. The number of carbonyl (C=O) groups excluding carboxylic acids is 1. The van der Waals surface area contributed by atoms with Crippen LogP contribution < -0.4 is 5.32 Å². The van der Waals surface area contributed by atoms with Crippen LogP contribution in [0.4, 0.5) is 5.69 Å². The number of carbonyl (C=O) groups is 1. The van der Waals surface area contributed by atoms with Gasteiger partial charge in [0.05, 0.1) is 0 Å². The van der Waals surface area contributed by atoms with E-state index in [0.29, 0.717) is 0 Å². The molecule has 1 heterocycles. The third kappa shape index (κ3) is 2.93. The molecule has 0 aliphatic carbocycles. The first-order chi connectivity index (χ1) is 7.74. The van der Waals surface area contributed by atoms with Crippen molar-refractivity contribution in [2.75, 3.05) is 5.32 Å². The molecule has 1 aromatic carbocycles. The lowest BCUT2D eigenvalue weighted by Gasteiger charge is -2.05. The zero-order valence-electron chi connectivity index (χ0n) is 8.43. The smallest absolute Gasteiger partial charge is 0.246 e. The van der Waals surface area contributed by atoms with Crippen LogP contribution in [0.1, 0.15) is 0 Å². The molecule has 0 atom stereocenters. The standard InChI is InChI=1S/C11H10BrN3O/c12-9-3-1-4-10(7-9)14-11(16)8-15-6-2-5-13-15/h1-7H,8H2,(H,14,16). The highest BCUT2D eigenvalue weighted by Gasteiger charge is 2.03. The molecule has 0 aliphatic rings. The fourth-order valence-corrected chi connectivity index (χ4v) is 1.71. The van der Waals surface area contributed by atoms with Gasteiger partial charge in [-0.3, -0.25) is 9.48 Å². The van der Waals surface area contributed by atoms with Gasteiger partial charge in [0.1, 0.15) is 6.54 Å². The van der Waals surface area contributed by atoms with Crippen LogP contribution in [0.5, 0.6) is 0 Å². The normalized spacial score (nSPS) is 10.1. The summed E-state index contributed by atoms with van der Waals surface area (Å²) in [6.07, 6.45) is 3.40. The van der Waals surface area contributed by atoms with Crippen molar-refractivity contribution in [2.45, 2.75) is 6.54 Å². The van der Waals surface area contributed by atoms with Crippen molar-refractivity contribution >= 4 is 27.5 Å². The summed E-state index contributed by atoms with van der Waals surface area (Å²) in [6.45, 7) is 0.222. The summed E-state index contributed by atoms with van der Waals surface area (Å²) < 4.78 is 2.51. The van der Waals surface area contributed by atoms with Crippen molar-refractivity contribution in [2.24, 2.45) is 0 Å². The molecule has 0 saturated carbocycles. The molecule has 0 saturated heterocycles. The molecular weight excluding hydrogens is 270 g/mol. The van der Waals surface area contributed by atoms with Gasteiger partial charge in [-0.2, -0.15) is 5.10 Å². The van der Waals surface area contributed by atoms with Crippen molar-refractivity contribution < 1.29 is 4.79 Å². The van der Waals surface area contributed by atoms with Crippen LogP contribution in [0, 0.1) is 0 Å². The van der Waals surface area contributed by atoms with Gasteiger partial charge in [0, 0.05) is 22.6 Å². The molecule has 1 N–H and O–H groups in total. The van der Waals surface area contributed by atoms with Gasteiger partial charge in [0.15, 0.2) is 0 Å². The molecule has 0 unspecified atom stereocenters. The summed E-state index contributed by atoms with van der Waals surface area (Å²) >= 11 is 3.34. The van der Waals surface area contributed by atoms with Crippen LogP contribution >= 0.6 is 15.9 Å². The second kappa shape index (κ2) is 4.94. The highest BCUT2D eigenvalue weighted by Crippen LogP contribution is 2.15. The molecule has 82 valence electrons. The molecule has 2 rings (SSSR count). The molecule has 0 aliphatic heterocycles. The quantitative estimate of drug-likeness (QED) is 0.937. The molecule has 1 aromatic heterocycles. The Morgan fingerprint density at radius 2 is 2.31 bits per heavy atom. The van der Waals surface area contributed by atoms with E-state index in [2.05, 4.69) is 26.3 Å². The maximum absolute atomic E-state index is 11.6. The zero-order valence-corrected chi connectivity index (χ0v) is 10.0. The van der Waals surface area contributed by atoms with Gasteiger partial charge >= 0.3 is 0 Å². The van der Waals surface area contributed by atoms with E-state index in [1.807, 2.05) is 24.3 Å². The van der Waals surface area contributed by atoms with Crippen molar-refractivity contribution in [3.63, 3.8) is 0 Å². The molecule has 0 radical (unpaired) electrons. The average molecular weight is 280 g/mol. The van der Waals surface area contributed by atoms with E-state index < -0.39 is 0 Å². The highest BCUT2D eigenvalue weighted by atomic mass is 79.9. The molecule has 4 nitrogen and oxygen atoms in total. The summed E-state index contributed by atoms with van der Waals surface area (Å²) in [4.78, 5) is 11.6. The number of rotatable bonds is 3. The van der Waals surface area contributed by atoms with E-state index in [4.69, 9.17) is 0 Å². The Bertz CT molecular complexity index is 482. The SMILES string of the molecule is O=C(Cn1cccn1)Nc1cccc(Br)c1. The van der Waals surface area contributed by atoms with Crippen LogP contribution in [-0.2, 0) is 11.3 Å². The third-order valence-electron chi connectivity index (χ3n) is 1.97. The topological polar surface area (TPSA) is 46.9 Å². The first-order valence-corrected chi connectivity index (χ1v) is 5.56. The van der Waals surface area contributed by atoms with E-state index in [-0.39, 0.29) is 12.5 Å². The summed E-state index contributed by atoms with van der Waals surface area (Å²) in [5.41, 5.74) is 0.770. The summed E-state index contributed by atoms with van der Waals surface area (Å²) in [6, 6.07) is 9.25. The van der Waals surface area contributed by atoms with Gasteiger partial charge in [-0.1, -0.05) is 22.0 Å². The van der Waals surface area contributed by atoms with Crippen LogP contribution in [0.3, 0.4) is 0 Å². The largest absolute Gasteiger partial charge is 0.324 e. The number of halogens is 1. The average Bonchev–Trinajstić information content (AvgIpc) is 2.70. The molecule has 2 aromatic rings. The molecule has 16 heavy (non-hydrogen) atoms. The van der Waals surface area contributed by atoms with Crippen molar-refractivity contribution in [1.29, 1.82) is 0 Å². The second-order valence-electron chi connectivity index (χ2n) is 3.26. The van der Waals surface area contributed by atoms with Crippen LogP contribution in [0.25, 0.3) is 0 Å². The number of aromatic nitrogens is 2. The van der Waals surface area contributed by atoms with E-state index in [0.717, 1.165) is 10.2 Å². The zero-order chi connectivity index (χ0) is 11.4. The Labute approximate surface area is 101 Å². The minimum atomic E-state index is -0.0956. The number of hydrogen-bond acceptors (Lipinski definition) is 2. The first-order valence-electron chi connectivity index (χ1n) is 4.77. The Kier molecular flexibility index (Phi) is 3.36. The number of amides is 1. The van der Waals surface area contributed by atoms with E-state index >= 15 is 0 Å². The number of nitrogens with one attached hydrogen (secondary N) is 1. The molecular formula is C11H10BrN3O. The number of hydrogen-bond donors (Lipinski definition) is 1.